The molecule has 0 fully saturated rings. The average molecular weight is 365 g/mol. The van der Waals surface area contributed by atoms with Crippen molar-refractivity contribution >= 4 is 11.6 Å². The van der Waals surface area contributed by atoms with Crippen LogP contribution in [0.1, 0.15) is 22.3 Å². The molecule has 1 N–H and O–H groups in total. The Balaban J connectivity index is 2.05. The number of benzene rings is 1. The van der Waals surface area contributed by atoms with Crippen LogP contribution in [-0.2, 0) is 0 Å². The fourth-order valence-electron chi connectivity index (χ4n) is 2.56. The zero-order valence-corrected chi connectivity index (χ0v) is 13.6. The molecule has 0 saturated heterocycles. The number of alkyl halides is 3. The molecule has 1 aliphatic rings. The van der Waals surface area contributed by atoms with Gasteiger partial charge in [0.2, 0.25) is 0 Å². The Bertz CT molecular complexity index is 855. The van der Waals surface area contributed by atoms with Crippen molar-refractivity contribution in [3.63, 3.8) is 0 Å². The largest absolute Gasteiger partial charge is 0.497 e. The Kier molecular flexibility index (Phi) is 4.41. The molecule has 1 unspecified atom stereocenters. The summed E-state index contributed by atoms with van der Waals surface area (Å²) in [5, 5.41) is 14.2. The molecular weight excluding hydrogens is 351 g/mol. The minimum Gasteiger partial charge on any atom is -0.497 e. The van der Waals surface area contributed by atoms with Crippen LogP contribution < -0.4 is 4.74 Å². The van der Waals surface area contributed by atoms with Gasteiger partial charge in [-0.3, -0.25) is 9.78 Å². The Morgan fingerprint density at radius 2 is 1.96 bits per heavy atom. The molecular formula is C17H14F3N3O3. The van der Waals surface area contributed by atoms with E-state index < -0.39 is 24.2 Å². The van der Waals surface area contributed by atoms with Gasteiger partial charge in [-0.05, 0) is 24.3 Å². The van der Waals surface area contributed by atoms with Crippen molar-refractivity contribution in [2.45, 2.75) is 18.3 Å². The number of methoxy groups -OCH3 is 1. The Morgan fingerprint density at radius 3 is 2.58 bits per heavy atom. The molecule has 0 aliphatic carbocycles. The van der Waals surface area contributed by atoms with Gasteiger partial charge in [0.15, 0.2) is 0 Å². The van der Waals surface area contributed by atoms with E-state index in [9.17, 15) is 23.1 Å². The van der Waals surface area contributed by atoms with E-state index in [-0.39, 0.29) is 16.3 Å². The zero-order valence-electron chi connectivity index (χ0n) is 13.6. The quantitative estimate of drug-likeness (QED) is 0.907. The van der Waals surface area contributed by atoms with Crippen molar-refractivity contribution in [3.05, 3.63) is 59.9 Å². The third kappa shape index (κ3) is 3.01. The Morgan fingerprint density at radius 1 is 1.27 bits per heavy atom. The van der Waals surface area contributed by atoms with Crippen LogP contribution in [0.15, 0.2) is 53.9 Å². The van der Waals surface area contributed by atoms with Gasteiger partial charge >= 0.3 is 6.18 Å². The topological polar surface area (TPSA) is 75.0 Å². The third-order valence-corrected chi connectivity index (χ3v) is 3.96. The van der Waals surface area contributed by atoms with E-state index in [1.165, 1.54) is 43.8 Å². The number of ether oxygens (including phenoxy) is 1. The SMILES string of the molecule is COc1cccc(C2=NN(C(=O)c3ccncc3)C(O)(C(F)(F)F)C2)c1. The van der Waals surface area contributed by atoms with Gasteiger partial charge in [-0.2, -0.15) is 23.3 Å². The van der Waals surface area contributed by atoms with Gasteiger partial charge in [0, 0.05) is 23.5 Å². The zero-order chi connectivity index (χ0) is 18.9. The van der Waals surface area contributed by atoms with Crippen LogP contribution in [0.2, 0.25) is 0 Å². The van der Waals surface area contributed by atoms with Crippen molar-refractivity contribution in [1.29, 1.82) is 0 Å². The lowest BCUT2D eigenvalue weighted by atomic mass is 10.0. The molecule has 0 radical (unpaired) electrons. The summed E-state index contributed by atoms with van der Waals surface area (Å²) < 4.78 is 45.7. The van der Waals surface area contributed by atoms with Crippen LogP contribution in [0.25, 0.3) is 0 Å². The lowest BCUT2D eigenvalue weighted by Gasteiger charge is -2.32. The summed E-state index contributed by atoms with van der Waals surface area (Å²) in [6.07, 6.45) is -3.45. The predicted octanol–water partition coefficient (Wildman–Crippen LogP) is 2.59. The summed E-state index contributed by atoms with van der Waals surface area (Å²) in [6, 6.07) is 8.70. The van der Waals surface area contributed by atoms with E-state index in [2.05, 4.69) is 10.1 Å². The highest BCUT2D eigenvalue weighted by Gasteiger charge is 2.63. The molecule has 9 heteroatoms. The number of carbonyl (C=O) groups is 1. The monoisotopic (exact) mass is 365 g/mol. The van der Waals surface area contributed by atoms with E-state index in [0.717, 1.165) is 0 Å². The molecule has 1 atom stereocenters. The number of hydrogen-bond donors (Lipinski definition) is 1. The first-order valence-corrected chi connectivity index (χ1v) is 7.52. The number of pyridine rings is 1. The van der Waals surface area contributed by atoms with Gasteiger partial charge in [0.25, 0.3) is 11.6 Å². The molecule has 1 aliphatic heterocycles. The van der Waals surface area contributed by atoms with Crippen LogP contribution in [0.5, 0.6) is 5.75 Å². The van der Waals surface area contributed by atoms with E-state index in [1.807, 2.05) is 0 Å². The fourth-order valence-corrected chi connectivity index (χ4v) is 2.56. The minimum absolute atomic E-state index is 0.0710. The van der Waals surface area contributed by atoms with Crippen LogP contribution in [0, 0.1) is 0 Å². The summed E-state index contributed by atoms with van der Waals surface area (Å²) >= 11 is 0. The van der Waals surface area contributed by atoms with Gasteiger partial charge in [0.05, 0.1) is 19.2 Å². The summed E-state index contributed by atoms with van der Waals surface area (Å²) in [4.78, 5) is 16.2. The van der Waals surface area contributed by atoms with Crippen LogP contribution in [-0.4, -0.2) is 45.7 Å². The molecule has 2 aromatic rings. The van der Waals surface area contributed by atoms with E-state index >= 15 is 0 Å². The number of hydrazone groups is 1. The van der Waals surface area contributed by atoms with Crippen molar-refractivity contribution in [2.75, 3.05) is 7.11 Å². The van der Waals surface area contributed by atoms with Gasteiger partial charge in [-0.1, -0.05) is 12.1 Å². The van der Waals surface area contributed by atoms with Gasteiger partial charge < -0.3 is 9.84 Å². The van der Waals surface area contributed by atoms with Crippen LogP contribution in [0.4, 0.5) is 13.2 Å². The smallest absolute Gasteiger partial charge is 0.438 e. The fraction of sp³-hybridized carbons (Fsp3) is 0.235. The molecule has 6 nitrogen and oxygen atoms in total. The van der Waals surface area contributed by atoms with Gasteiger partial charge in [-0.25, -0.2) is 0 Å². The molecule has 136 valence electrons. The van der Waals surface area contributed by atoms with Gasteiger partial charge in [0.1, 0.15) is 5.75 Å². The lowest BCUT2D eigenvalue weighted by molar-refractivity contribution is -0.297. The summed E-state index contributed by atoms with van der Waals surface area (Å²) in [5.74, 6) is -0.662. The molecule has 1 aromatic carbocycles. The molecule has 1 aromatic heterocycles. The maximum Gasteiger partial charge on any atom is 0.438 e. The standard InChI is InChI=1S/C17H14F3N3O3/c1-26-13-4-2-3-12(9-13)14-10-16(25,17(18,19)20)23(22-14)15(24)11-5-7-21-8-6-11/h2-9,25H,10H2,1H3. The number of aliphatic hydroxyl groups is 1. The van der Waals surface area contributed by atoms with E-state index in [0.29, 0.717) is 11.3 Å². The average Bonchev–Trinajstić information content (AvgIpc) is 3.01. The summed E-state index contributed by atoms with van der Waals surface area (Å²) in [7, 11) is 1.42. The Hall–Kier alpha value is -2.94. The maximum atomic E-state index is 13.6. The second kappa shape index (κ2) is 6.41. The van der Waals surface area contributed by atoms with Crippen molar-refractivity contribution in [2.24, 2.45) is 5.10 Å². The highest BCUT2D eigenvalue weighted by atomic mass is 19.4. The molecule has 0 saturated carbocycles. The minimum atomic E-state index is -5.10. The Labute approximate surface area is 146 Å². The van der Waals surface area contributed by atoms with Crippen LogP contribution in [0.3, 0.4) is 0 Å². The highest BCUT2D eigenvalue weighted by Crippen LogP contribution is 2.42. The molecule has 2 heterocycles. The number of carbonyl (C=O) groups excluding carboxylic acids is 1. The molecule has 3 rings (SSSR count). The van der Waals surface area contributed by atoms with Crippen LogP contribution >= 0.6 is 0 Å². The second-order valence-electron chi connectivity index (χ2n) is 5.62. The lowest BCUT2D eigenvalue weighted by Crippen LogP contribution is -2.56. The molecule has 1 amide bonds. The molecule has 26 heavy (non-hydrogen) atoms. The van der Waals surface area contributed by atoms with Crippen molar-refractivity contribution < 1.29 is 27.8 Å². The first kappa shape index (κ1) is 17.9. The second-order valence-corrected chi connectivity index (χ2v) is 5.62. The number of halogens is 3. The molecule has 0 bridgehead atoms. The van der Waals surface area contributed by atoms with Crippen molar-refractivity contribution in [1.82, 2.24) is 9.99 Å². The highest BCUT2D eigenvalue weighted by molar-refractivity contribution is 6.05. The number of hydrogen-bond acceptors (Lipinski definition) is 5. The first-order chi connectivity index (χ1) is 12.3. The normalized spacial score (nSPS) is 20.0. The van der Waals surface area contributed by atoms with Crippen molar-refractivity contribution in [3.8, 4) is 5.75 Å². The first-order valence-electron chi connectivity index (χ1n) is 7.52. The molecule has 0 spiro atoms. The number of amides is 1. The number of rotatable bonds is 3. The number of aromatic nitrogens is 1. The van der Waals surface area contributed by atoms with Gasteiger partial charge in [-0.15, -0.1) is 0 Å². The maximum absolute atomic E-state index is 13.6. The predicted molar refractivity (Wildman–Crippen MR) is 85.6 cm³/mol. The number of nitrogens with zero attached hydrogens (tertiary/aromatic N) is 3. The summed E-state index contributed by atoms with van der Waals surface area (Å²) in [5.41, 5.74) is -3.27. The third-order valence-electron chi connectivity index (χ3n) is 3.96. The summed E-state index contributed by atoms with van der Waals surface area (Å²) in [6.45, 7) is 0. The van der Waals surface area contributed by atoms with E-state index in [1.54, 1.807) is 12.1 Å². The van der Waals surface area contributed by atoms with E-state index in [4.69, 9.17) is 4.74 Å².